The van der Waals surface area contributed by atoms with E-state index in [1.54, 1.807) is 37.3 Å². The maximum absolute atomic E-state index is 13.3. The summed E-state index contributed by atoms with van der Waals surface area (Å²) < 4.78 is 21.5. The van der Waals surface area contributed by atoms with E-state index < -0.39 is 0 Å². The lowest BCUT2D eigenvalue weighted by Crippen LogP contribution is -2.38. The molecule has 0 unspecified atom stereocenters. The number of thioether (sulfide) groups is 1. The maximum atomic E-state index is 13.3. The van der Waals surface area contributed by atoms with Crippen molar-refractivity contribution in [1.29, 1.82) is 0 Å². The van der Waals surface area contributed by atoms with Crippen LogP contribution >= 0.6 is 23.1 Å². The molecule has 0 bridgehead atoms. The molecule has 0 spiro atoms. The van der Waals surface area contributed by atoms with Gasteiger partial charge in [-0.1, -0.05) is 0 Å². The molecule has 11 heteroatoms. The lowest BCUT2D eigenvalue weighted by atomic mass is 9.97. The smallest absolute Gasteiger partial charge is 0.270 e. The van der Waals surface area contributed by atoms with Crippen LogP contribution in [0.15, 0.2) is 40.3 Å². The van der Waals surface area contributed by atoms with Gasteiger partial charge in [0.25, 0.3) is 11.8 Å². The predicted molar refractivity (Wildman–Crippen MR) is 143 cm³/mol. The predicted octanol–water partition coefficient (Wildman–Crippen LogP) is 4.44. The highest BCUT2D eigenvalue weighted by Crippen LogP contribution is 2.40. The first-order chi connectivity index (χ1) is 18.0. The van der Waals surface area contributed by atoms with E-state index in [2.05, 4.69) is 10.3 Å². The van der Waals surface area contributed by atoms with Gasteiger partial charge in [0.2, 0.25) is 5.75 Å². The number of nitrogens with one attached hydrogen (secondary N) is 1. The molecule has 2 amide bonds. The number of methoxy groups -OCH3 is 3. The number of likely N-dealkylation sites (tertiary alicyclic amines) is 1. The van der Waals surface area contributed by atoms with E-state index in [0.29, 0.717) is 48.1 Å². The molecule has 0 atom stereocenters. The van der Waals surface area contributed by atoms with Crippen molar-refractivity contribution >= 4 is 34.9 Å². The van der Waals surface area contributed by atoms with Crippen LogP contribution in [-0.2, 0) is 5.75 Å². The summed E-state index contributed by atoms with van der Waals surface area (Å²) in [5.74, 6) is 3.72. The monoisotopic (exact) mass is 545 g/mol. The van der Waals surface area contributed by atoms with Gasteiger partial charge in [0.15, 0.2) is 11.5 Å². The van der Waals surface area contributed by atoms with Gasteiger partial charge in [-0.2, -0.15) is 11.8 Å². The number of carbonyl (C=O) groups excluding carboxylic acids is 2. The van der Waals surface area contributed by atoms with Gasteiger partial charge in [0.1, 0.15) is 11.5 Å². The number of benzene rings is 1. The van der Waals surface area contributed by atoms with Gasteiger partial charge in [0, 0.05) is 36.7 Å². The number of nitrogens with zero attached hydrogens (tertiary/aromatic N) is 2. The number of carbonyl (C=O) groups is 2. The quantitative estimate of drug-likeness (QED) is 0.353. The van der Waals surface area contributed by atoms with E-state index in [1.807, 2.05) is 22.4 Å². The largest absolute Gasteiger partial charge is 0.493 e. The molecule has 1 N–H and O–H groups in total. The van der Waals surface area contributed by atoms with Crippen molar-refractivity contribution in [2.24, 2.45) is 0 Å². The number of amides is 2. The van der Waals surface area contributed by atoms with Gasteiger partial charge in [0.05, 0.1) is 43.9 Å². The number of ether oxygens (including phenoxy) is 3. The highest BCUT2D eigenvalue weighted by molar-refractivity contribution is 7.98. The van der Waals surface area contributed by atoms with Gasteiger partial charge in [-0.25, -0.2) is 4.98 Å². The van der Waals surface area contributed by atoms with Crippen LogP contribution in [-0.4, -0.2) is 68.4 Å². The van der Waals surface area contributed by atoms with Crippen LogP contribution in [0.5, 0.6) is 17.2 Å². The third kappa shape index (κ3) is 6.40. The summed E-state index contributed by atoms with van der Waals surface area (Å²) in [5, 5.41) is 5.68. The average molecular weight is 546 g/mol. The Kier molecular flexibility index (Phi) is 9.34. The summed E-state index contributed by atoms with van der Waals surface area (Å²) in [4.78, 5) is 32.2. The zero-order valence-electron chi connectivity index (χ0n) is 21.2. The Morgan fingerprint density at radius 2 is 1.92 bits per heavy atom. The second kappa shape index (κ2) is 12.9. The molecular weight excluding hydrogens is 514 g/mol. The van der Waals surface area contributed by atoms with Crippen molar-refractivity contribution in [2.75, 3.05) is 46.7 Å². The number of hydrogen-bond acceptors (Lipinski definition) is 9. The summed E-state index contributed by atoms with van der Waals surface area (Å²) in [7, 11) is 4.57. The molecular formula is C26H31N3O6S2. The Hall–Kier alpha value is -3.18. The summed E-state index contributed by atoms with van der Waals surface area (Å²) in [6.45, 7) is 1.75. The second-order valence-electron chi connectivity index (χ2n) is 8.41. The number of rotatable bonds is 11. The fraction of sp³-hybridized carbons (Fsp3) is 0.423. The molecule has 0 aliphatic carbocycles. The molecule has 2 aromatic heterocycles. The molecule has 1 aliphatic heterocycles. The molecule has 37 heavy (non-hydrogen) atoms. The average Bonchev–Trinajstić information content (AvgIpc) is 3.64. The Morgan fingerprint density at radius 1 is 1.14 bits per heavy atom. The third-order valence-corrected chi connectivity index (χ3v) is 8.17. The first kappa shape index (κ1) is 26.9. The standard InChI is InChI=1S/C26H31N3O6S2/c1-32-21-7-6-19(22(33-2)23(21)34-3)26(31)29-11-8-17(9-12-29)25-28-20(16-37-25)24(30)27-10-14-36-15-18-5-4-13-35-18/h4-7,13,16-17H,8-12,14-15H2,1-3H3,(H,27,30). The van der Waals surface area contributed by atoms with Gasteiger partial charge >= 0.3 is 0 Å². The van der Waals surface area contributed by atoms with Crippen molar-refractivity contribution < 1.29 is 28.2 Å². The van der Waals surface area contributed by atoms with Gasteiger partial charge < -0.3 is 28.8 Å². The summed E-state index contributed by atoms with van der Waals surface area (Å²) in [6.07, 6.45) is 3.22. The van der Waals surface area contributed by atoms with E-state index in [1.165, 1.54) is 25.6 Å². The summed E-state index contributed by atoms with van der Waals surface area (Å²) in [5.41, 5.74) is 0.888. The zero-order valence-corrected chi connectivity index (χ0v) is 22.8. The highest BCUT2D eigenvalue weighted by Gasteiger charge is 2.29. The van der Waals surface area contributed by atoms with Crippen LogP contribution in [0.1, 0.15) is 50.4 Å². The second-order valence-corrected chi connectivity index (χ2v) is 10.4. The number of thiazole rings is 1. The SMILES string of the molecule is COc1ccc(C(=O)N2CCC(c3nc(C(=O)NCCSCc4ccco4)cs3)CC2)c(OC)c1OC. The van der Waals surface area contributed by atoms with Crippen LogP contribution in [0.2, 0.25) is 0 Å². The molecule has 1 saturated heterocycles. The molecule has 198 valence electrons. The van der Waals surface area contributed by atoms with Crippen LogP contribution in [0.25, 0.3) is 0 Å². The summed E-state index contributed by atoms with van der Waals surface area (Å²) >= 11 is 3.21. The van der Waals surface area contributed by atoms with Crippen LogP contribution in [0.3, 0.4) is 0 Å². The molecule has 1 aromatic carbocycles. The minimum atomic E-state index is -0.158. The highest BCUT2D eigenvalue weighted by atomic mass is 32.2. The molecule has 4 rings (SSSR count). The molecule has 3 heterocycles. The molecule has 0 saturated carbocycles. The lowest BCUT2D eigenvalue weighted by Gasteiger charge is -2.31. The fourth-order valence-electron chi connectivity index (χ4n) is 4.24. The number of aromatic nitrogens is 1. The maximum Gasteiger partial charge on any atom is 0.270 e. The molecule has 9 nitrogen and oxygen atoms in total. The van der Waals surface area contributed by atoms with Crippen molar-refractivity contribution in [2.45, 2.75) is 24.5 Å². The van der Waals surface area contributed by atoms with Crippen LogP contribution < -0.4 is 19.5 Å². The van der Waals surface area contributed by atoms with Crippen molar-refractivity contribution in [3.63, 3.8) is 0 Å². The molecule has 3 aromatic rings. The minimum absolute atomic E-state index is 0.111. The first-order valence-electron chi connectivity index (χ1n) is 12.0. The number of piperidine rings is 1. The Balaban J connectivity index is 1.28. The zero-order chi connectivity index (χ0) is 26.2. The van der Waals surface area contributed by atoms with E-state index >= 15 is 0 Å². The van der Waals surface area contributed by atoms with Gasteiger partial charge in [-0.15, -0.1) is 11.3 Å². The van der Waals surface area contributed by atoms with Gasteiger partial charge in [-0.05, 0) is 37.1 Å². The lowest BCUT2D eigenvalue weighted by molar-refractivity contribution is 0.0708. The Labute approximate surface area is 224 Å². The molecule has 0 radical (unpaired) electrons. The van der Waals surface area contributed by atoms with E-state index in [9.17, 15) is 9.59 Å². The minimum Gasteiger partial charge on any atom is -0.493 e. The van der Waals surface area contributed by atoms with Crippen molar-refractivity contribution in [1.82, 2.24) is 15.2 Å². The summed E-state index contributed by atoms with van der Waals surface area (Å²) in [6, 6.07) is 7.22. The Morgan fingerprint density at radius 3 is 2.59 bits per heavy atom. The van der Waals surface area contributed by atoms with E-state index in [-0.39, 0.29) is 17.7 Å². The van der Waals surface area contributed by atoms with Crippen molar-refractivity contribution in [3.05, 3.63) is 57.9 Å². The van der Waals surface area contributed by atoms with Crippen molar-refractivity contribution in [3.8, 4) is 17.2 Å². The topological polar surface area (TPSA) is 103 Å². The number of furan rings is 1. The molecule has 1 aliphatic rings. The normalized spacial score (nSPS) is 13.9. The Bertz CT molecular complexity index is 1190. The number of hydrogen-bond donors (Lipinski definition) is 1. The van der Waals surface area contributed by atoms with E-state index in [0.717, 1.165) is 35.1 Å². The third-order valence-electron chi connectivity index (χ3n) is 6.18. The first-order valence-corrected chi connectivity index (χ1v) is 14.0. The molecule has 1 fully saturated rings. The van der Waals surface area contributed by atoms with Crippen LogP contribution in [0.4, 0.5) is 0 Å². The van der Waals surface area contributed by atoms with Crippen LogP contribution in [0, 0.1) is 0 Å². The van der Waals surface area contributed by atoms with Gasteiger partial charge in [-0.3, -0.25) is 9.59 Å². The fourth-order valence-corrected chi connectivity index (χ4v) is 5.97. The van der Waals surface area contributed by atoms with E-state index in [4.69, 9.17) is 18.6 Å².